The highest BCUT2D eigenvalue weighted by atomic mass is 16.7. The summed E-state index contributed by atoms with van der Waals surface area (Å²) >= 11 is 0. The van der Waals surface area contributed by atoms with Crippen molar-refractivity contribution in [3.05, 3.63) is 0 Å². The van der Waals surface area contributed by atoms with Crippen LogP contribution < -0.4 is 0 Å². The monoisotopic (exact) mass is 202 g/mol. The van der Waals surface area contributed by atoms with E-state index in [9.17, 15) is 9.90 Å². The van der Waals surface area contributed by atoms with Gasteiger partial charge in [-0.05, 0) is 12.8 Å². The molecule has 0 aliphatic heterocycles. The third-order valence-corrected chi connectivity index (χ3v) is 3.01. The molecule has 82 valence electrons. The highest BCUT2D eigenvalue weighted by Gasteiger charge is 2.51. The Kier molecular flexibility index (Phi) is 3.64. The average Bonchev–Trinajstić information content (AvgIpc) is 2.45. The van der Waals surface area contributed by atoms with Gasteiger partial charge in [0.25, 0.3) is 0 Å². The summed E-state index contributed by atoms with van der Waals surface area (Å²) in [6.45, 7) is 1.89. The van der Waals surface area contributed by atoms with Crippen molar-refractivity contribution >= 4 is 5.78 Å². The maximum Gasteiger partial charge on any atom is 0.186 e. The zero-order valence-corrected chi connectivity index (χ0v) is 8.95. The Bertz CT molecular complexity index is 212. The van der Waals surface area contributed by atoms with E-state index in [0.717, 1.165) is 0 Å². The summed E-state index contributed by atoms with van der Waals surface area (Å²) in [4.78, 5) is 11.5. The first kappa shape index (κ1) is 11.6. The summed E-state index contributed by atoms with van der Waals surface area (Å²) < 4.78 is 10.1. The van der Waals surface area contributed by atoms with Gasteiger partial charge in [-0.2, -0.15) is 0 Å². The Morgan fingerprint density at radius 2 is 2.14 bits per heavy atom. The summed E-state index contributed by atoms with van der Waals surface area (Å²) in [5, 5.41) is 10.3. The second-order valence-corrected chi connectivity index (χ2v) is 3.72. The fourth-order valence-corrected chi connectivity index (χ4v) is 2.32. The van der Waals surface area contributed by atoms with Crippen LogP contribution in [0, 0.1) is 5.92 Å². The van der Waals surface area contributed by atoms with E-state index in [1.807, 2.05) is 6.92 Å². The van der Waals surface area contributed by atoms with Crippen molar-refractivity contribution in [2.75, 3.05) is 14.2 Å². The fourth-order valence-electron chi connectivity index (χ4n) is 2.32. The van der Waals surface area contributed by atoms with Gasteiger partial charge in [-0.1, -0.05) is 6.92 Å². The van der Waals surface area contributed by atoms with Gasteiger partial charge in [0.05, 0.1) is 5.92 Å². The Hall–Kier alpha value is -0.450. The number of Topliss-reactive ketones (excluding diaryl/α,β-unsaturated/α-hetero) is 1. The van der Waals surface area contributed by atoms with E-state index >= 15 is 0 Å². The molecule has 0 bridgehead atoms. The van der Waals surface area contributed by atoms with Gasteiger partial charge in [-0.25, -0.2) is 0 Å². The van der Waals surface area contributed by atoms with Gasteiger partial charge in [0.1, 0.15) is 11.4 Å². The van der Waals surface area contributed by atoms with E-state index in [-0.39, 0.29) is 11.7 Å². The Balaban J connectivity index is 2.86. The van der Waals surface area contributed by atoms with Gasteiger partial charge < -0.3 is 14.6 Å². The second-order valence-electron chi connectivity index (χ2n) is 3.72. The lowest BCUT2D eigenvalue weighted by Gasteiger charge is -2.34. The summed E-state index contributed by atoms with van der Waals surface area (Å²) in [7, 11) is 2.95. The number of rotatable bonds is 4. The van der Waals surface area contributed by atoms with E-state index in [1.165, 1.54) is 14.2 Å². The van der Waals surface area contributed by atoms with Crippen LogP contribution in [-0.4, -0.2) is 37.0 Å². The number of ketones is 1. The van der Waals surface area contributed by atoms with Gasteiger partial charge in [0, 0.05) is 20.6 Å². The molecule has 14 heavy (non-hydrogen) atoms. The summed E-state index contributed by atoms with van der Waals surface area (Å²) in [5.41, 5.74) is -1.14. The molecule has 0 aromatic heterocycles. The topological polar surface area (TPSA) is 55.8 Å². The minimum atomic E-state index is -1.14. The van der Waals surface area contributed by atoms with Crippen LogP contribution in [0.4, 0.5) is 0 Å². The van der Waals surface area contributed by atoms with E-state index < -0.39 is 11.9 Å². The van der Waals surface area contributed by atoms with Gasteiger partial charge in [0.15, 0.2) is 6.29 Å². The number of aliphatic hydroxyl groups is 1. The predicted molar refractivity (Wildman–Crippen MR) is 50.8 cm³/mol. The number of hydrogen-bond donors (Lipinski definition) is 1. The van der Waals surface area contributed by atoms with E-state index in [0.29, 0.717) is 19.3 Å². The normalized spacial score (nSPS) is 32.9. The Labute approximate surface area is 84.2 Å². The molecule has 0 aromatic rings. The molecule has 1 aliphatic carbocycles. The molecule has 0 saturated heterocycles. The number of carbonyl (C=O) groups is 1. The smallest absolute Gasteiger partial charge is 0.186 e. The molecular weight excluding hydrogens is 184 g/mol. The second kappa shape index (κ2) is 4.38. The molecule has 0 spiro atoms. The first-order valence-electron chi connectivity index (χ1n) is 4.90. The third kappa shape index (κ3) is 1.69. The van der Waals surface area contributed by atoms with Crippen LogP contribution >= 0.6 is 0 Å². The third-order valence-electron chi connectivity index (χ3n) is 3.01. The van der Waals surface area contributed by atoms with E-state index in [2.05, 4.69) is 0 Å². The van der Waals surface area contributed by atoms with Crippen molar-refractivity contribution in [1.82, 2.24) is 0 Å². The van der Waals surface area contributed by atoms with Crippen LogP contribution in [0.15, 0.2) is 0 Å². The standard InChI is InChI=1S/C10H18O4/c1-4-7-8(11)5-6-10(7,12)9(13-2)14-3/h7,9,12H,4-6H2,1-3H3. The number of hydrogen-bond acceptors (Lipinski definition) is 4. The molecule has 0 radical (unpaired) electrons. The summed E-state index contributed by atoms with van der Waals surface area (Å²) in [6.07, 6.45) is 0.756. The van der Waals surface area contributed by atoms with Crippen LogP contribution in [0.25, 0.3) is 0 Å². The molecule has 0 heterocycles. The van der Waals surface area contributed by atoms with Crippen molar-refractivity contribution in [1.29, 1.82) is 0 Å². The van der Waals surface area contributed by atoms with Crippen LogP contribution in [0.2, 0.25) is 0 Å². The minimum absolute atomic E-state index is 0.106. The molecule has 4 heteroatoms. The lowest BCUT2D eigenvalue weighted by Crippen LogP contribution is -2.48. The van der Waals surface area contributed by atoms with Gasteiger partial charge in [-0.15, -0.1) is 0 Å². The van der Waals surface area contributed by atoms with Crippen LogP contribution in [-0.2, 0) is 14.3 Å². The summed E-state index contributed by atoms with van der Waals surface area (Å²) in [5.74, 6) is -0.249. The predicted octanol–water partition coefficient (Wildman–Crippen LogP) is 0.725. The minimum Gasteiger partial charge on any atom is -0.384 e. The zero-order valence-electron chi connectivity index (χ0n) is 8.95. The first-order valence-corrected chi connectivity index (χ1v) is 4.90. The first-order chi connectivity index (χ1) is 6.60. The Morgan fingerprint density at radius 3 is 2.57 bits per heavy atom. The largest absolute Gasteiger partial charge is 0.384 e. The van der Waals surface area contributed by atoms with Gasteiger partial charge in [-0.3, -0.25) is 4.79 Å². The van der Waals surface area contributed by atoms with Crippen molar-refractivity contribution in [3.63, 3.8) is 0 Å². The molecule has 0 amide bonds. The lowest BCUT2D eigenvalue weighted by atomic mass is 9.87. The lowest BCUT2D eigenvalue weighted by molar-refractivity contribution is -0.226. The molecule has 1 saturated carbocycles. The Morgan fingerprint density at radius 1 is 1.57 bits per heavy atom. The highest BCUT2D eigenvalue weighted by molar-refractivity contribution is 5.84. The molecule has 1 N–H and O–H groups in total. The average molecular weight is 202 g/mol. The molecule has 1 rings (SSSR count). The summed E-state index contributed by atoms with van der Waals surface area (Å²) in [6, 6.07) is 0. The molecule has 1 fully saturated rings. The van der Waals surface area contributed by atoms with Crippen molar-refractivity contribution in [2.45, 2.75) is 38.1 Å². The van der Waals surface area contributed by atoms with Gasteiger partial charge in [0.2, 0.25) is 0 Å². The fraction of sp³-hybridized carbons (Fsp3) is 0.900. The number of ether oxygens (including phenoxy) is 2. The maximum absolute atomic E-state index is 11.5. The van der Waals surface area contributed by atoms with Crippen LogP contribution in [0.1, 0.15) is 26.2 Å². The van der Waals surface area contributed by atoms with Crippen molar-refractivity contribution < 1.29 is 19.4 Å². The SMILES string of the molecule is CCC1C(=O)CCC1(O)C(OC)OC. The van der Waals surface area contributed by atoms with Crippen molar-refractivity contribution in [3.8, 4) is 0 Å². The van der Waals surface area contributed by atoms with Crippen LogP contribution in [0.3, 0.4) is 0 Å². The van der Waals surface area contributed by atoms with E-state index in [1.54, 1.807) is 0 Å². The van der Waals surface area contributed by atoms with Gasteiger partial charge >= 0.3 is 0 Å². The molecule has 2 atom stereocenters. The van der Waals surface area contributed by atoms with Crippen molar-refractivity contribution in [2.24, 2.45) is 5.92 Å². The zero-order chi connectivity index (χ0) is 10.8. The molecule has 0 aromatic carbocycles. The van der Waals surface area contributed by atoms with Crippen LogP contribution in [0.5, 0.6) is 0 Å². The molecule has 2 unspecified atom stereocenters. The quantitative estimate of drug-likeness (QED) is 0.683. The maximum atomic E-state index is 11.5. The molecule has 4 nitrogen and oxygen atoms in total. The number of methoxy groups -OCH3 is 2. The highest BCUT2D eigenvalue weighted by Crippen LogP contribution is 2.38. The molecule has 1 aliphatic rings. The molecular formula is C10H18O4. The number of carbonyl (C=O) groups excluding carboxylic acids is 1. The van der Waals surface area contributed by atoms with E-state index in [4.69, 9.17) is 9.47 Å².